The standard InChI is InChI=1S/C13H22N4O3/c1-13(2,3)7-9(18)8-15-12-10(17(19)20)5-6-11(14-4)16-12/h5-6,9,18H,7-8H2,1-4H3,(H2,14,15,16). The van der Waals surface area contributed by atoms with E-state index >= 15 is 0 Å². The maximum absolute atomic E-state index is 10.9. The molecule has 0 aliphatic rings. The van der Waals surface area contributed by atoms with Crippen molar-refractivity contribution in [2.24, 2.45) is 5.41 Å². The fourth-order valence-electron chi connectivity index (χ4n) is 1.86. The molecule has 1 unspecified atom stereocenters. The number of rotatable bonds is 6. The predicted molar refractivity (Wildman–Crippen MR) is 79.0 cm³/mol. The summed E-state index contributed by atoms with van der Waals surface area (Å²) in [6.45, 7) is 6.30. The van der Waals surface area contributed by atoms with Gasteiger partial charge in [0.25, 0.3) is 0 Å². The number of anilines is 2. The summed E-state index contributed by atoms with van der Waals surface area (Å²) in [6.07, 6.45) is 0.00845. The quantitative estimate of drug-likeness (QED) is 0.546. The lowest BCUT2D eigenvalue weighted by Gasteiger charge is -2.22. The fourth-order valence-corrected chi connectivity index (χ4v) is 1.86. The van der Waals surface area contributed by atoms with Crippen LogP contribution in [0.15, 0.2) is 12.1 Å². The Morgan fingerprint density at radius 3 is 2.60 bits per heavy atom. The highest BCUT2D eigenvalue weighted by atomic mass is 16.6. The number of hydrogen-bond donors (Lipinski definition) is 3. The molecule has 0 bridgehead atoms. The predicted octanol–water partition coefficient (Wildman–Crippen LogP) is 2.24. The molecule has 0 spiro atoms. The molecule has 1 heterocycles. The van der Waals surface area contributed by atoms with Gasteiger partial charge in [-0.1, -0.05) is 20.8 Å². The molecule has 0 aliphatic heterocycles. The average molecular weight is 282 g/mol. The van der Waals surface area contributed by atoms with Gasteiger partial charge in [-0.15, -0.1) is 0 Å². The third kappa shape index (κ3) is 5.00. The van der Waals surface area contributed by atoms with Crippen LogP contribution in [0.2, 0.25) is 0 Å². The normalized spacial score (nSPS) is 12.8. The monoisotopic (exact) mass is 282 g/mol. The Labute approximate surface area is 118 Å². The lowest BCUT2D eigenvalue weighted by atomic mass is 9.89. The molecule has 112 valence electrons. The van der Waals surface area contributed by atoms with Crippen molar-refractivity contribution in [2.75, 3.05) is 24.2 Å². The number of aromatic nitrogens is 1. The summed E-state index contributed by atoms with van der Waals surface area (Å²) in [6, 6.07) is 2.92. The number of aliphatic hydroxyl groups excluding tert-OH is 1. The SMILES string of the molecule is CNc1ccc([N+](=O)[O-])c(NCC(O)CC(C)(C)C)n1. The molecule has 3 N–H and O–H groups in total. The third-order valence-corrected chi connectivity index (χ3v) is 2.68. The molecular weight excluding hydrogens is 260 g/mol. The first-order valence-electron chi connectivity index (χ1n) is 6.48. The smallest absolute Gasteiger partial charge is 0.311 e. The Balaban J connectivity index is 2.77. The molecule has 0 fully saturated rings. The zero-order chi connectivity index (χ0) is 15.3. The maximum Gasteiger partial charge on any atom is 0.311 e. The summed E-state index contributed by atoms with van der Waals surface area (Å²) in [5, 5.41) is 26.5. The number of nitrogens with zero attached hydrogens (tertiary/aromatic N) is 2. The van der Waals surface area contributed by atoms with Crippen LogP contribution < -0.4 is 10.6 Å². The fraction of sp³-hybridized carbons (Fsp3) is 0.615. The molecule has 0 aromatic carbocycles. The van der Waals surface area contributed by atoms with Crippen LogP contribution in [0, 0.1) is 15.5 Å². The van der Waals surface area contributed by atoms with Crippen molar-refractivity contribution in [1.82, 2.24) is 4.98 Å². The molecule has 1 aromatic rings. The van der Waals surface area contributed by atoms with Gasteiger partial charge < -0.3 is 15.7 Å². The van der Waals surface area contributed by atoms with Gasteiger partial charge in [0.15, 0.2) is 0 Å². The van der Waals surface area contributed by atoms with Crippen molar-refractivity contribution in [3.63, 3.8) is 0 Å². The lowest BCUT2D eigenvalue weighted by Crippen LogP contribution is -2.25. The molecule has 0 radical (unpaired) electrons. The molecule has 0 saturated heterocycles. The van der Waals surface area contributed by atoms with Crippen LogP contribution in [-0.2, 0) is 0 Å². The van der Waals surface area contributed by atoms with E-state index in [-0.39, 0.29) is 23.5 Å². The van der Waals surface area contributed by atoms with Crippen molar-refractivity contribution >= 4 is 17.3 Å². The summed E-state index contributed by atoms with van der Waals surface area (Å²) < 4.78 is 0. The van der Waals surface area contributed by atoms with Crippen molar-refractivity contribution < 1.29 is 10.0 Å². The van der Waals surface area contributed by atoms with E-state index in [0.717, 1.165) is 0 Å². The second kappa shape index (κ2) is 6.51. The van der Waals surface area contributed by atoms with Crippen LogP contribution in [0.4, 0.5) is 17.3 Å². The highest BCUT2D eigenvalue weighted by Crippen LogP contribution is 2.25. The molecule has 7 nitrogen and oxygen atoms in total. The van der Waals surface area contributed by atoms with E-state index in [4.69, 9.17) is 0 Å². The van der Waals surface area contributed by atoms with Crippen LogP contribution in [-0.4, -0.2) is 34.7 Å². The Morgan fingerprint density at radius 2 is 2.10 bits per heavy atom. The van der Waals surface area contributed by atoms with E-state index in [9.17, 15) is 15.2 Å². The molecular formula is C13H22N4O3. The number of hydrogen-bond acceptors (Lipinski definition) is 6. The molecule has 1 atom stereocenters. The zero-order valence-corrected chi connectivity index (χ0v) is 12.3. The van der Waals surface area contributed by atoms with Crippen molar-refractivity contribution in [3.8, 4) is 0 Å². The molecule has 0 aliphatic carbocycles. The van der Waals surface area contributed by atoms with Crippen LogP contribution in [0.5, 0.6) is 0 Å². The van der Waals surface area contributed by atoms with Gasteiger partial charge in [0.2, 0.25) is 5.82 Å². The lowest BCUT2D eigenvalue weighted by molar-refractivity contribution is -0.384. The summed E-state index contributed by atoms with van der Waals surface area (Å²) in [5.74, 6) is 0.693. The number of nitro groups is 1. The maximum atomic E-state index is 10.9. The highest BCUT2D eigenvalue weighted by molar-refractivity contribution is 5.60. The minimum absolute atomic E-state index is 0.00667. The number of pyridine rings is 1. The van der Waals surface area contributed by atoms with Gasteiger partial charge in [-0.2, -0.15) is 0 Å². The molecule has 0 amide bonds. The van der Waals surface area contributed by atoms with Crippen molar-refractivity contribution in [2.45, 2.75) is 33.3 Å². The number of aliphatic hydroxyl groups is 1. The Hall–Kier alpha value is -1.89. The Morgan fingerprint density at radius 1 is 1.45 bits per heavy atom. The van der Waals surface area contributed by atoms with Gasteiger partial charge in [0.1, 0.15) is 5.82 Å². The van der Waals surface area contributed by atoms with E-state index in [1.165, 1.54) is 12.1 Å². The van der Waals surface area contributed by atoms with Crippen molar-refractivity contribution in [1.29, 1.82) is 0 Å². The van der Waals surface area contributed by atoms with E-state index in [1.807, 2.05) is 20.8 Å². The van der Waals surface area contributed by atoms with Gasteiger partial charge in [0, 0.05) is 19.7 Å². The van der Waals surface area contributed by atoms with Gasteiger partial charge in [0.05, 0.1) is 11.0 Å². The van der Waals surface area contributed by atoms with Crippen LogP contribution >= 0.6 is 0 Å². The molecule has 7 heteroatoms. The summed E-state index contributed by atoms with van der Waals surface area (Å²) in [5.41, 5.74) is -0.111. The first-order chi connectivity index (χ1) is 9.23. The van der Waals surface area contributed by atoms with E-state index in [0.29, 0.717) is 12.2 Å². The molecule has 20 heavy (non-hydrogen) atoms. The van der Waals surface area contributed by atoms with Crippen molar-refractivity contribution in [3.05, 3.63) is 22.2 Å². The minimum Gasteiger partial charge on any atom is -0.391 e. The van der Waals surface area contributed by atoms with Gasteiger partial charge in [-0.3, -0.25) is 10.1 Å². The topological polar surface area (TPSA) is 100 Å². The first-order valence-corrected chi connectivity index (χ1v) is 6.48. The first kappa shape index (κ1) is 16.2. The molecule has 1 rings (SSSR count). The minimum atomic E-state index is -0.588. The summed E-state index contributed by atoms with van der Waals surface area (Å²) in [7, 11) is 1.69. The van der Waals surface area contributed by atoms with Gasteiger partial charge >= 0.3 is 5.69 Å². The van der Waals surface area contributed by atoms with E-state index < -0.39 is 11.0 Å². The van der Waals surface area contributed by atoms with Crippen LogP contribution in [0.25, 0.3) is 0 Å². The van der Waals surface area contributed by atoms with Crippen LogP contribution in [0.1, 0.15) is 27.2 Å². The Kier molecular flexibility index (Phi) is 5.26. The van der Waals surface area contributed by atoms with Crippen LogP contribution in [0.3, 0.4) is 0 Å². The summed E-state index contributed by atoms with van der Waals surface area (Å²) in [4.78, 5) is 14.5. The second-order valence-corrected chi connectivity index (χ2v) is 5.87. The second-order valence-electron chi connectivity index (χ2n) is 5.87. The molecule has 1 aromatic heterocycles. The number of nitrogens with one attached hydrogen (secondary N) is 2. The molecule has 0 saturated carbocycles. The average Bonchev–Trinajstić information content (AvgIpc) is 2.33. The Bertz CT molecular complexity index is 471. The van der Waals surface area contributed by atoms with E-state index in [2.05, 4.69) is 15.6 Å². The zero-order valence-electron chi connectivity index (χ0n) is 12.3. The third-order valence-electron chi connectivity index (χ3n) is 2.68. The summed E-state index contributed by atoms with van der Waals surface area (Å²) >= 11 is 0. The van der Waals surface area contributed by atoms with Gasteiger partial charge in [-0.25, -0.2) is 4.98 Å². The van der Waals surface area contributed by atoms with Gasteiger partial charge in [-0.05, 0) is 17.9 Å². The highest BCUT2D eigenvalue weighted by Gasteiger charge is 2.19. The largest absolute Gasteiger partial charge is 0.391 e. The van der Waals surface area contributed by atoms with E-state index in [1.54, 1.807) is 7.05 Å².